The molecule has 1 heterocycles. The van der Waals surface area contributed by atoms with Crippen molar-refractivity contribution in [3.63, 3.8) is 0 Å². The van der Waals surface area contributed by atoms with Gasteiger partial charge >= 0.3 is 0 Å². The summed E-state index contributed by atoms with van der Waals surface area (Å²) in [6.07, 6.45) is 2.35. The molecule has 0 bridgehead atoms. The molecule has 2 unspecified atom stereocenters. The first-order chi connectivity index (χ1) is 5.24. The van der Waals surface area contributed by atoms with Crippen LogP contribution in [0, 0.1) is 5.92 Å². The molecule has 1 fully saturated rings. The molecule has 0 aromatic carbocycles. The standard InChI is InChI=1S/C8H13BrO2/c1-6-2-3-7(5-11-6)8(10)4-9/h6-7H,2-5H2,1H3. The number of hydrogen-bond acceptors (Lipinski definition) is 2. The van der Waals surface area contributed by atoms with E-state index in [2.05, 4.69) is 22.9 Å². The van der Waals surface area contributed by atoms with E-state index in [1.54, 1.807) is 0 Å². The van der Waals surface area contributed by atoms with Crippen LogP contribution in [-0.4, -0.2) is 23.8 Å². The molecule has 1 aliphatic rings. The average molecular weight is 221 g/mol. The third-order valence-electron chi connectivity index (χ3n) is 2.09. The van der Waals surface area contributed by atoms with Gasteiger partial charge in [-0.3, -0.25) is 4.79 Å². The van der Waals surface area contributed by atoms with Gasteiger partial charge in [-0.25, -0.2) is 0 Å². The fourth-order valence-corrected chi connectivity index (χ4v) is 1.70. The lowest BCUT2D eigenvalue weighted by Crippen LogP contribution is -2.29. The summed E-state index contributed by atoms with van der Waals surface area (Å²) in [6.45, 7) is 2.67. The highest BCUT2D eigenvalue weighted by molar-refractivity contribution is 9.09. The Balaban J connectivity index is 2.33. The van der Waals surface area contributed by atoms with Gasteiger partial charge in [0.2, 0.25) is 0 Å². The van der Waals surface area contributed by atoms with E-state index < -0.39 is 0 Å². The molecule has 64 valence electrons. The van der Waals surface area contributed by atoms with Gasteiger partial charge < -0.3 is 4.74 Å². The third-order valence-corrected chi connectivity index (χ3v) is 2.64. The minimum atomic E-state index is 0.144. The minimum Gasteiger partial charge on any atom is -0.378 e. The van der Waals surface area contributed by atoms with Crippen LogP contribution in [0.4, 0.5) is 0 Å². The SMILES string of the molecule is CC1CCC(C(=O)CBr)CO1. The normalized spacial score (nSPS) is 31.8. The van der Waals surface area contributed by atoms with Gasteiger partial charge in [0.05, 0.1) is 18.0 Å². The molecule has 0 aromatic rings. The van der Waals surface area contributed by atoms with Crippen molar-refractivity contribution in [2.45, 2.75) is 25.9 Å². The number of ketones is 1. The first kappa shape index (κ1) is 9.20. The molecule has 2 nitrogen and oxygen atoms in total. The summed E-state index contributed by atoms with van der Waals surface area (Å²) in [5.41, 5.74) is 0. The summed E-state index contributed by atoms with van der Waals surface area (Å²) in [6, 6.07) is 0. The molecular weight excluding hydrogens is 208 g/mol. The number of carbonyl (C=O) groups excluding carboxylic acids is 1. The molecule has 1 saturated heterocycles. The van der Waals surface area contributed by atoms with Crippen molar-refractivity contribution in [3.05, 3.63) is 0 Å². The van der Waals surface area contributed by atoms with Gasteiger partial charge in [0.25, 0.3) is 0 Å². The Kier molecular flexibility index (Phi) is 3.52. The topological polar surface area (TPSA) is 26.3 Å². The second-order valence-corrected chi connectivity index (χ2v) is 3.58. The van der Waals surface area contributed by atoms with E-state index >= 15 is 0 Å². The van der Waals surface area contributed by atoms with E-state index in [1.807, 2.05) is 0 Å². The van der Waals surface area contributed by atoms with Crippen LogP contribution in [0.15, 0.2) is 0 Å². The van der Waals surface area contributed by atoms with E-state index in [4.69, 9.17) is 4.74 Å². The first-order valence-electron chi connectivity index (χ1n) is 3.94. The maximum atomic E-state index is 11.1. The van der Waals surface area contributed by atoms with Crippen LogP contribution in [-0.2, 0) is 9.53 Å². The lowest BCUT2D eigenvalue weighted by Gasteiger charge is -2.25. The quantitative estimate of drug-likeness (QED) is 0.664. The van der Waals surface area contributed by atoms with Crippen LogP contribution < -0.4 is 0 Å². The maximum Gasteiger partial charge on any atom is 0.148 e. The number of carbonyl (C=O) groups is 1. The van der Waals surface area contributed by atoms with Gasteiger partial charge in [-0.05, 0) is 19.8 Å². The Morgan fingerprint density at radius 2 is 2.36 bits per heavy atom. The van der Waals surface area contributed by atoms with Gasteiger partial charge in [0, 0.05) is 5.92 Å². The van der Waals surface area contributed by atoms with Crippen LogP contribution in [0.2, 0.25) is 0 Å². The molecule has 0 aromatic heterocycles. The predicted molar refractivity (Wildman–Crippen MR) is 46.9 cm³/mol. The molecule has 0 N–H and O–H groups in total. The maximum absolute atomic E-state index is 11.1. The zero-order valence-electron chi connectivity index (χ0n) is 6.68. The lowest BCUT2D eigenvalue weighted by atomic mass is 9.96. The smallest absolute Gasteiger partial charge is 0.148 e. The molecule has 1 rings (SSSR count). The molecule has 0 amide bonds. The Hall–Kier alpha value is 0.110. The molecule has 0 saturated carbocycles. The molecule has 3 heteroatoms. The zero-order valence-corrected chi connectivity index (χ0v) is 8.26. The Morgan fingerprint density at radius 1 is 1.64 bits per heavy atom. The Labute approximate surface area is 75.4 Å². The molecule has 1 aliphatic heterocycles. The number of ether oxygens (including phenoxy) is 1. The highest BCUT2D eigenvalue weighted by atomic mass is 79.9. The summed E-state index contributed by atoms with van der Waals surface area (Å²) < 4.78 is 5.37. The Morgan fingerprint density at radius 3 is 2.82 bits per heavy atom. The molecule has 11 heavy (non-hydrogen) atoms. The van der Waals surface area contributed by atoms with Crippen molar-refractivity contribution >= 4 is 21.7 Å². The largest absolute Gasteiger partial charge is 0.378 e. The van der Waals surface area contributed by atoms with Crippen LogP contribution in [0.25, 0.3) is 0 Å². The fourth-order valence-electron chi connectivity index (χ4n) is 1.25. The van der Waals surface area contributed by atoms with Crippen molar-refractivity contribution in [3.8, 4) is 0 Å². The van der Waals surface area contributed by atoms with Crippen LogP contribution in [0.5, 0.6) is 0 Å². The third kappa shape index (κ3) is 2.56. The van der Waals surface area contributed by atoms with E-state index in [-0.39, 0.29) is 11.7 Å². The summed E-state index contributed by atoms with van der Waals surface area (Å²) in [5.74, 6) is 0.419. The van der Waals surface area contributed by atoms with E-state index in [0.717, 1.165) is 12.8 Å². The van der Waals surface area contributed by atoms with Crippen molar-refractivity contribution in [2.24, 2.45) is 5.92 Å². The fraction of sp³-hybridized carbons (Fsp3) is 0.875. The Bertz CT molecular complexity index is 139. The summed E-state index contributed by atoms with van der Waals surface area (Å²) >= 11 is 3.16. The molecule has 0 spiro atoms. The van der Waals surface area contributed by atoms with Gasteiger partial charge in [-0.15, -0.1) is 0 Å². The number of halogens is 1. The highest BCUT2D eigenvalue weighted by Crippen LogP contribution is 2.19. The summed E-state index contributed by atoms with van der Waals surface area (Å²) in [5, 5.41) is 0.468. The van der Waals surface area contributed by atoms with Crippen LogP contribution >= 0.6 is 15.9 Å². The monoisotopic (exact) mass is 220 g/mol. The predicted octanol–water partition coefficient (Wildman–Crippen LogP) is 1.77. The minimum absolute atomic E-state index is 0.144. The van der Waals surface area contributed by atoms with Gasteiger partial charge in [0.1, 0.15) is 5.78 Å². The molecule has 2 atom stereocenters. The molecular formula is C8H13BrO2. The second-order valence-electron chi connectivity index (χ2n) is 3.02. The number of hydrogen-bond donors (Lipinski definition) is 0. The van der Waals surface area contributed by atoms with Gasteiger partial charge in [-0.2, -0.15) is 0 Å². The zero-order chi connectivity index (χ0) is 8.27. The summed E-state index contributed by atoms with van der Waals surface area (Å²) in [4.78, 5) is 11.1. The van der Waals surface area contributed by atoms with Crippen LogP contribution in [0.3, 0.4) is 0 Å². The molecule has 0 aliphatic carbocycles. The lowest BCUT2D eigenvalue weighted by molar-refractivity contribution is -0.125. The number of Topliss-reactive ketones (excluding diaryl/α,β-unsaturated/α-hetero) is 1. The second kappa shape index (κ2) is 4.21. The average Bonchev–Trinajstić information content (AvgIpc) is 2.05. The van der Waals surface area contributed by atoms with Crippen molar-refractivity contribution in [2.75, 3.05) is 11.9 Å². The van der Waals surface area contributed by atoms with E-state index in [9.17, 15) is 4.79 Å². The van der Waals surface area contributed by atoms with E-state index in [1.165, 1.54) is 0 Å². The number of rotatable bonds is 2. The first-order valence-corrected chi connectivity index (χ1v) is 5.06. The van der Waals surface area contributed by atoms with Crippen molar-refractivity contribution in [1.82, 2.24) is 0 Å². The van der Waals surface area contributed by atoms with E-state index in [0.29, 0.717) is 18.0 Å². The van der Waals surface area contributed by atoms with Gasteiger partial charge in [0.15, 0.2) is 0 Å². The van der Waals surface area contributed by atoms with Crippen molar-refractivity contribution < 1.29 is 9.53 Å². The number of alkyl halides is 1. The highest BCUT2D eigenvalue weighted by Gasteiger charge is 2.23. The molecule has 0 radical (unpaired) electrons. The van der Waals surface area contributed by atoms with Crippen molar-refractivity contribution in [1.29, 1.82) is 0 Å². The van der Waals surface area contributed by atoms with Crippen LogP contribution in [0.1, 0.15) is 19.8 Å². The summed E-state index contributed by atoms with van der Waals surface area (Å²) in [7, 11) is 0. The van der Waals surface area contributed by atoms with Gasteiger partial charge in [-0.1, -0.05) is 15.9 Å².